The number of hydrogen-bond donors (Lipinski definition) is 1. The Kier molecular flexibility index (Phi) is 13.5. The summed E-state index contributed by atoms with van der Waals surface area (Å²) in [5.41, 5.74) is -0.505. The van der Waals surface area contributed by atoms with Crippen molar-refractivity contribution in [3.63, 3.8) is 0 Å². The van der Waals surface area contributed by atoms with Gasteiger partial charge in [0.1, 0.15) is 28.4 Å². The summed E-state index contributed by atoms with van der Waals surface area (Å²) in [5.74, 6) is -0.983. The van der Waals surface area contributed by atoms with E-state index in [0.29, 0.717) is 24.2 Å². The zero-order valence-corrected chi connectivity index (χ0v) is 32.7. The van der Waals surface area contributed by atoms with Gasteiger partial charge in [0.2, 0.25) is 7.37 Å². The van der Waals surface area contributed by atoms with Gasteiger partial charge >= 0.3 is 18.2 Å². The van der Waals surface area contributed by atoms with Gasteiger partial charge in [-0.05, 0) is 129 Å². The van der Waals surface area contributed by atoms with E-state index in [-0.39, 0.29) is 50.9 Å². The van der Waals surface area contributed by atoms with Crippen molar-refractivity contribution in [2.24, 2.45) is 0 Å². The third-order valence-corrected chi connectivity index (χ3v) is 11.4. The van der Waals surface area contributed by atoms with Gasteiger partial charge in [0.25, 0.3) is 0 Å². The summed E-state index contributed by atoms with van der Waals surface area (Å²) in [7, 11) is -3.68. The Morgan fingerprint density at radius 1 is 0.882 bits per heavy atom. The molecule has 0 radical (unpaired) electrons. The molecule has 0 aliphatic carbocycles. The fourth-order valence-corrected chi connectivity index (χ4v) is 8.92. The van der Waals surface area contributed by atoms with Crippen LogP contribution in [-0.2, 0) is 34.6 Å². The molecule has 2 aromatic rings. The van der Waals surface area contributed by atoms with Gasteiger partial charge in [-0.3, -0.25) is 14.3 Å². The van der Waals surface area contributed by atoms with Crippen molar-refractivity contribution in [2.45, 2.75) is 117 Å². The largest absolute Gasteiger partial charge is 0.508 e. The molecule has 1 fully saturated rings. The van der Waals surface area contributed by atoms with E-state index < -0.39 is 53.3 Å². The number of imide groups is 1. The van der Waals surface area contributed by atoms with Crippen LogP contribution in [0.2, 0.25) is 0 Å². The molecule has 0 bridgehead atoms. The first kappa shape index (κ1) is 41.9. The first-order chi connectivity index (χ1) is 23.5. The number of esters is 1. The number of rotatable bonds is 11. The maximum absolute atomic E-state index is 14.9. The Hall–Kier alpha value is -3.47. The van der Waals surface area contributed by atoms with Crippen LogP contribution in [0.5, 0.6) is 5.75 Å². The number of carbonyl (C=O) groups excluding carboxylic acids is 3. The lowest BCUT2D eigenvalue weighted by Gasteiger charge is -2.46. The summed E-state index contributed by atoms with van der Waals surface area (Å²) in [6.07, 6.45) is -1.02. The zero-order valence-electron chi connectivity index (χ0n) is 31.8. The number of ether oxygens (including phenoxy) is 3. The molecule has 1 heterocycles. The maximum Gasteiger partial charge on any atom is 0.419 e. The van der Waals surface area contributed by atoms with Crippen molar-refractivity contribution in [1.82, 2.24) is 9.80 Å². The van der Waals surface area contributed by atoms with E-state index in [1.165, 1.54) is 24.3 Å². The number of aromatic hydroxyl groups is 1. The van der Waals surface area contributed by atoms with Gasteiger partial charge < -0.3 is 23.8 Å². The van der Waals surface area contributed by atoms with E-state index in [9.17, 15) is 28.4 Å². The van der Waals surface area contributed by atoms with Crippen LogP contribution in [0.1, 0.15) is 94.1 Å². The van der Waals surface area contributed by atoms with Gasteiger partial charge in [-0.15, -0.1) is 0 Å². The number of phenols is 1. The third kappa shape index (κ3) is 11.8. The Bertz CT molecular complexity index is 1550. The Morgan fingerprint density at radius 2 is 1.45 bits per heavy atom. The highest BCUT2D eigenvalue weighted by atomic mass is 31.2. The monoisotopic (exact) mass is 734 g/mol. The molecular formula is C38H56FN2O9P. The zero-order chi connectivity index (χ0) is 38.4. The number of unbranched alkanes of at least 4 members (excludes halogenated alkanes) is 1. The number of phenolic OH excluding ortho intramolecular Hbond substituents is 1. The van der Waals surface area contributed by atoms with Gasteiger partial charge in [0, 0.05) is 32.3 Å². The van der Waals surface area contributed by atoms with Gasteiger partial charge in [-0.25, -0.2) is 18.9 Å². The summed E-state index contributed by atoms with van der Waals surface area (Å²) in [6, 6.07) is 11.0. The van der Waals surface area contributed by atoms with E-state index in [0.717, 1.165) is 10.5 Å². The summed E-state index contributed by atoms with van der Waals surface area (Å²) in [5, 5.41) is 8.25. The molecule has 1 N–H and O–H groups in total. The molecule has 1 unspecified atom stereocenters. The Labute approximate surface area is 302 Å². The Balaban J connectivity index is 1.97. The standard InChI is InChI=1S/C38H56FN2O9P/c1-11-47-51(46)23-22-40(25-28-14-17-29(39)24-31(28)27-15-18-30(42)19-16-27)26-38(51,32(43)48-35(2,3)4)20-12-13-21-41(33(44)49-36(5,6)7)34(45)50-37(8,9)10/h14-19,24,42H,11-13,20-23,25-26H2,1-10H3/t38-,51?/m0/s1. The third-order valence-electron chi connectivity index (χ3n) is 8.06. The summed E-state index contributed by atoms with van der Waals surface area (Å²) in [6.45, 7) is 17.9. The minimum atomic E-state index is -3.68. The van der Waals surface area contributed by atoms with E-state index in [1.807, 2.05) is 4.90 Å². The SMILES string of the molecule is CCOP1(=O)CCN(Cc2ccc(F)cc2-c2ccc(O)cc2)C[C@@]1(CCCCN(C(=O)OC(C)(C)C)C(=O)OC(C)(C)C)C(=O)OC(C)(C)C. The molecule has 284 valence electrons. The van der Waals surface area contributed by atoms with Crippen molar-refractivity contribution in [3.8, 4) is 16.9 Å². The summed E-state index contributed by atoms with van der Waals surface area (Å²) < 4.78 is 52.3. The van der Waals surface area contributed by atoms with Crippen LogP contribution in [0.4, 0.5) is 14.0 Å². The maximum atomic E-state index is 14.9. The van der Waals surface area contributed by atoms with Gasteiger partial charge in [-0.1, -0.05) is 18.2 Å². The van der Waals surface area contributed by atoms with Crippen molar-refractivity contribution in [1.29, 1.82) is 0 Å². The van der Waals surface area contributed by atoms with Crippen molar-refractivity contribution in [3.05, 3.63) is 53.8 Å². The fourth-order valence-electron chi connectivity index (χ4n) is 5.92. The number of halogens is 1. The minimum absolute atomic E-state index is 0.0352. The molecule has 0 spiro atoms. The van der Waals surface area contributed by atoms with Gasteiger partial charge in [-0.2, -0.15) is 0 Å². The van der Waals surface area contributed by atoms with E-state index in [4.69, 9.17) is 18.7 Å². The Morgan fingerprint density at radius 3 is 1.98 bits per heavy atom. The van der Waals surface area contributed by atoms with Crippen molar-refractivity contribution in [2.75, 3.05) is 32.4 Å². The van der Waals surface area contributed by atoms with Crippen molar-refractivity contribution < 1.29 is 47.2 Å². The average Bonchev–Trinajstić information content (AvgIpc) is 2.97. The van der Waals surface area contributed by atoms with Gasteiger partial charge in [0.05, 0.1) is 6.61 Å². The summed E-state index contributed by atoms with van der Waals surface area (Å²) >= 11 is 0. The van der Waals surface area contributed by atoms with E-state index in [1.54, 1.807) is 87.4 Å². The molecule has 2 aromatic carbocycles. The lowest BCUT2D eigenvalue weighted by Crippen LogP contribution is -2.56. The normalized spacial score (nSPS) is 20.1. The predicted octanol–water partition coefficient (Wildman–Crippen LogP) is 8.75. The lowest BCUT2D eigenvalue weighted by atomic mass is 9.96. The molecule has 11 nitrogen and oxygen atoms in total. The lowest BCUT2D eigenvalue weighted by molar-refractivity contribution is -0.160. The number of carbonyl (C=O) groups is 3. The molecule has 2 atom stereocenters. The smallest absolute Gasteiger partial charge is 0.419 e. The molecule has 51 heavy (non-hydrogen) atoms. The molecule has 1 aliphatic heterocycles. The van der Waals surface area contributed by atoms with Crippen molar-refractivity contribution >= 4 is 25.5 Å². The highest BCUT2D eigenvalue weighted by Crippen LogP contribution is 2.64. The number of benzene rings is 2. The first-order valence-electron chi connectivity index (χ1n) is 17.5. The molecule has 0 aromatic heterocycles. The summed E-state index contributed by atoms with van der Waals surface area (Å²) in [4.78, 5) is 43.4. The molecule has 0 saturated carbocycles. The van der Waals surface area contributed by atoms with Crippen LogP contribution >= 0.6 is 7.37 Å². The minimum Gasteiger partial charge on any atom is -0.508 e. The molecule has 1 saturated heterocycles. The van der Waals surface area contributed by atoms with Crippen LogP contribution < -0.4 is 0 Å². The highest BCUT2D eigenvalue weighted by molar-refractivity contribution is 7.62. The molecule has 3 rings (SSSR count). The highest BCUT2D eigenvalue weighted by Gasteiger charge is 2.59. The second kappa shape index (κ2) is 16.5. The molecule has 2 amide bonds. The number of nitrogens with zero attached hydrogens (tertiary/aromatic N) is 2. The van der Waals surface area contributed by atoms with E-state index >= 15 is 0 Å². The van der Waals surface area contributed by atoms with E-state index in [2.05, 4.69) is 0 Å². The molecular weight excluding hydrogens is 678 g/mol. The van der Waals surface area contributed by atoms with Gasteiger partial charge in [0.15, 0.2) is 5.16 Å². The first-order valence-corrected chi connectivity index (χ1v) is 19.3. The second-order valence-electron chi connectivity index (χ2n) is 16.0. The van der Waals surface area contributed by atoms with Crippen LogP contribution in [0.15, 0.2) is 42.5 Å². The predicted molar refractivity (Wildman–Crippen MR) is 194 cm³/mol. The number of amides is 2. The molecule has 13 heteroatoms. The second-order valence-corrected chi connectivity index (χ2v) is 18.9. The fraction of sp³-hybridized carbons (Fsp3) is 0.605. The van der Waals surface area contributed by atoms with Crippen LogP contribution in [0, 0.1) is 5.82 Å². The number of hydrogen-bond acceptors (Lipinski definition) is 10. The molecule has 1 aliphatic rings. The topological polar surface area (TPSA) is 132 Å². The van der Waals surface area contributed by atoms with Crippen LogP contribution in [0.25, 0.3) is 11.1 Å². The quantitative estimate of drug-likeness (QED) is 0.103. The average molecular weight is 735 g/mol. The van der Waals surface area contributed by atoms with Crippen LogP contribution in [0.3, 0.4) is 0 Å². The van der Waals surface area contributed by atoms with Crippen LogP contribution in [-0.4, -0.2) is 87.4 Å².